The molecule has 1 rings (SSSR count). The molecule has 5 nitrogen and oxygen atoms in total. The number of aromatic nitrogens is 1. The van der Waals surface area contributed by atoms with E-state index in [-0.39, 0.29) is 0 Å². The second-order valence-corrected chi connectivity index (χ2v) is 5.70. The Labute approximate surface area is 120 Å². The van der Waals surface area contributed by atoms with Crippen LogP contribution in [0.1, 0.15) is 20.8 Å². The van der Waals surface area contributed by atoms with Crippen molar-refractivity contribution in [3.05, 3.63) is 22.0 Å². The van der Waals surface area contributed by atoms with Crippen LogP contribution in [0.3, 0.4) is 0 Å². The van der Waals surface area contributed by atoms with E-state index in [4.69, 9.17) is 9.47 Å². The van der Waals surface area contributed by atoms with Gasteiger partial charge < -0.3 is 14.8 Å². The Hall–Kier alpha value is -1.05. The van der Waals surface area contributed by atoms with Gasteiger partial charge in [0, 0.05) is 0 Å². The first kappa shape index (κ1) is 15.0. The SMILES string of the molecule is CC(C)(C)OC(=O)NCCOc1ccc(I)nc1. The molecule has 6 heteroatoms. The maximum absolute atomic E-state index is 11.3. The molecule has 0 saturated heterocycles. The first-order valence-electron chi connectivity index (χ1n) is 5.58. The normalized spacial score (nSPS) is 10.9. The van der Waals surface area contributed by atoms with Crippen molar-refractivity contribution in [2.24, 2.45) is 0 Å². The molecule has 0 aromatic carbocycles. The Bertz CT molecular complexity index is 387. The number of rotatable bonds is 4. The third kappa shape index (κ3) is 6.63. The maximum Gasteiger partial charge on any atom is 0.407 e. The van der Waals surface area contributed by atoms with Gasteiger partial charge in [-0.25, -0.2) is 9.78 Å². The van der Waals surface area contributed by atoms with E-state index in [0.717, 1.165) is 3.70 Å². The largest absolute Gasteiger partial charge is 0.490 e. The van der Waals surface area contributed by atoms with E-state index in [1.165, 1.54) is 0 Å². The standard InChI is InChI=1S/C12H17IN2O3/c1-12(2,3)18-11(16)14-6-7-17-9-4-5-10(13)15-8-9/h4-5,8H,6-7H2,1-3H3,(H,14,16). The van der Waals surface area contributed by atoms with Gasteiger partial charge >= 0.3 is 6.09 Å². The zero-order chi connectivity index (χ0) is 13.6. The highest BCUT2D eigenvalue weighted by Crippen LogP contribution is 2.10. The van der Waals surface area contributed by atoms with E-state index in [0.29, 0.717) is 18.9 Å². The van der Waals surface area contributed by atoms with Crippen LogP contribution >= 0.6 is 22.6 Å². The molecule has 1 N–H and O–H groups in total. The second kappa shape index (κ2) is 6.77. The van der Waals surface area contributed by atoms with E-state index in [1.807, 2.05) is 32.9 Å². The molecule has 18 heavy (non-hydrogen) atoms. The van der Waals surface area contributed by atoms with Crippen molar-refractivity contribution in [1.82, 2.24) is 10.3 Å². The quantitative estimate of drug-likeness (QED) is 0.507. The summed E-state index contributed by atoms with van der Waals surface area (Å²) in [4.78, 5) is 15.4. The van der Waals surface area contributed by atoms with Gasteiger partial charge in [0.1, 0.15) is 21.7 Å². The molecule has 0 aliphatic heterocycles. The number of alkyl carbamates (subject to hydrolysis) is 1. The third-order valence-electron chi connectivity index (χ3n) is 1.74. The lowest BCUT2D eigenvalue weighted by molar-refractivity contribution is 0.0520. The van der Waals surface area contributed by atoms with Gasteiger partial charge in [-0.1, -0.05) is 0 Å². The molecular weight excluding hydrogens is 347 g/mol. The van der Waals surface area contributed by atoms with Crippen LogP contribution < -0.4 is 10.1 Å². The number of carbonyl (C=O) groups excluding carboxylic acids is 1. The Kier molecular flexibility index (Phi) is 5.64. The molecule has 0 bridgehead atoms. The summed E-state index contributed by atoms with van der Waals surface area (Å²) in [5, 5.41) is 2.61. The monoisotopic (exact) mass is 364 g/mol. The van der Waals surface area contributed by atoms with Gasteiger partial charge in [-0.15, -0.1) is 0 Å². The van der Waals surface area contributed by atoms with Crippen molar-refractivity contribution < 1.29 is 14.3 Å². The minimum absolute atomic E-state index is 0.377. The summed E-state index contributed by atoms with van der Waals surface area (Å²) in [7, 11) is 0. The Balaban J connectivity index is 2.19. The number of halogens is 1. The van der Waals surface area contributed by atoms with Crippen LogP contribution in [0, 0.1) is 3.70 Å². The van der Waals surface area contributed by atoms with Gasteiger partial charge in [0.05, 0.1) is 12.7 Å². The van der Waals surface area contributed by atoms with Crippen LogP contribution in [0.5, 0.6) is 5.75 Å². The van der Waals surface area contributed by atoms with E-state index < -0.39 is 11.7 Å². The molecule has 1 aromatic heterocycles. The number of ether oxygens (including phenoxy) is 2. The average Bonchev–Trinajstić information content (AvgIpc) is 2.24. The van der Waals surface area contributed by atoms with E-state index in [9.17, 15) is 4.79 Å². The third-order valence-corrected chi connectivity index (χ3v) is 2.38. The number of hydrogen-bond donors (Lipinski definition) is 1. The lowest BCUT2D eigenvalue weighted by atomic mass is 10.2. The number of carbonyl (C=O) groups is 1. The van der Waals surface area contributed by atoms with Gasteiger partial charge in [0.2, 0.25) is 0 Å². The van der Waals surface area contributed by atoms with Crippen LogP contribution in [-0.4, -0.2) is 29.8 Å². The number of nitrogens with zero attached hydrogens (tertiary/aromatic N) is 1. The summed E-state index contributed by atoms with van der Waals surface area (Å²) >= 11 is 2.12. The van der Waals surface area contributed by atoms with Gasteiger partial charge in [0.15, 0.2) is 0 Å². The van der Waals surface area contributed by atoms with Crippen molar-refractivity contribution in [1.29, 1.82) is 0 Å². The van der Waals surface area contributed by atoms with Crippen LogP contribution in [-0.2, 0) is 4.74 Å². The van der Waals surface area contributed by atoms with Crippen molar-refractivity contribution in [2.45, 2.75) is 26.4 Å². The minimum Gasteiger partial charge on any atom is -0.490 e. The van der Waals surface area contributed by atoms with Gasteiger partial charge in [-0.3, -0.25) is 0 Å². The Morgan fingerprint density at radius 2 is 2.17 bits per heavy atom. The lowest BCUT2D eigenvalue weighted by Gasteiger charge is -2.19. The van der Waals surface area contributed by atoms with Gasteiger partial charge in [-0.2, -0.15) is 0 Å². The summed E-state index contributed by atoms with van der Waals surface area (Å²) in [6, 6.07) is 3.69. The fraction of sp³-hybridized carbons (Fsp3) is 0.500. The fourth-order valence-corrected chi connectivity index (χ4v) is 1.40. The molecule has 0 radical (unpaired) electrons. The summed E-state index contributed by atoms with van der Waals surface area (Å²) in [6.45, 7) is 6.23. The molecule has 0 aliphatic rings. The highest BCUT2D eigenvalue weighted by atomic mass is 127. The smallest absolute Gasteiger partial charge is 0.407 e. The molecule has 100 valence electrons. The Morgan fingerprint density at radius 3 is 2.72 bits per heavy atom. The zero-order valence-electron chi connectivity index (χ0n) is 10.7. The van der Waals surface area contributed by atoms with E-state index >= 15 is 0 Å². The summed E-state index contributed by atoms with van der Waals surface area (Å²) in [5.74, 6) is 0.682. The van der Waals surface area contributed by atoms with Gasteiger partial charge in [-0.05, 0) is 55.5 Å². The predicted octanol–water partition coefficient (Wildman–Crippen LogP) is 2.59. The predicted molar refractivity (Wildman–Crippen MR) is 76.7 cm³/mol. The number of pyridine rings is 1. The molecule has 0 fully saturated rings. The first-order chi connectivity index (χ1) is 8.37. The van der Waals surface area contributed by atoms with Crippen molar-refractivity contribution in [3.8, 4) is 5.75 Å². The molecule has 0 unspecified atom stereocenters. The van der Waals surface area contributed by atoms with Crippen molar-refractivity contribution in [3.63, 3.8) is 0 Å². The van der Waals surface area contributed by atoms with E-state index in [2.05, 4.69) is 32.9 Å². The highest BCUT2D eigenvalue weighted by molar-refractivity contribution is 14.1. The summed E-state index contributed by atoms with van der Waals surface area (Å²) in [5.41, 5.74) is -0.481. The zero-order valence-corrected chi connectivity index (χ0v) is 12.9. The highest BCUT2D eigenvalue weighted by Gasteiger charge is 2.15. The maximum atomic E-state index is 11.3. The van der Waals surface area contributed by atoms with Crippen LogP contribution in [0.4, 0.5) is 4.79 Å². The topological polar surface area (TPSA) is 60.5 Å². The Morgan fingerprint density at radius 1 is 1.44 bits per heavy atom. The molecular formula is C12H17IN2O3. The molecule has 1 amide bonds. The molecule has 1 heterocycles. The number of nitrogens with one attached hydrogen (secondary N) is 1. The summed E-state index contributed by atoms with van der Waals surface area (Å²) < 4.78 is 11.4. The minimum atomic E-state index is -0.481. The van der Waals surface area contributed by atoms with Crippen LogP contribution in [0.2, 0.25) is 0 Å². The molecule has 0 atom stereocenters. The molecule has 0 aliphatic carbocycles. The molecule has 0 spiro atoms. The van der Waals surface area contributed by atoms with Gasteiger partial charge in [0.25, 0.3) is 0 Å². The molecule has 0 saturated carbocycles. The van der Waals surface area contributed by atoms with Crippen molar-refractivity contribution in [2.75, 3.05) is 13.2 Å². The summed E-state index contributed by atoms with van der Waals surface area (Å²) in [6.07, 6.45) is 1.21. The number of amides is 1. The number of hydrogen-bond acceptors (Lipinski definition) is 4. The van der Waals surface area contributed by atoms with Crippen LogP contribution in [0.15, 0.2) is 18.3 Å². The van der Waals surface area contributed by atoms with Crippen LogP contribution in [0.25, 0.3) is 0 Å². The van der Waals surface area contributed by atoms with E-state index in [1.54, 1.807) is 6.20 Å². The van der Waals surface area contributed by atoms with Crippen molar-refractivity contribution >= 4 is 28.7 Å². The average molecular weight is 364 g/mol. The fourth-order valence-electron chi connectivity index (χ4n) is 1.08. The second-order valence-electron chi connectivity index (χ2n) is 4.59. The first-order valence-corrected chi connectivity index (χ1v) is 6.66. The lowest BCUT2D eigenvalue weighted by Crippen LogP contribution is -2.34. The molecule has 1 aromatic rings.